The number of rotatable bonds is 5. The van der Waals surface area contributed by atoms with Crippen LogP contribution in [0.3, 0.4) is 0 Å². The number of hydrogen-bond acceptors (Lipinski definition) is 5. The highest BCUT2D eigenvalue weighted by Crippen LogP contribution is 2.30. The van der Waals surface area contributed by atoms with Crippen LogP contribution in [0.15, 0.2) is 40.0 Å². The summed E-state index contributed by atoms with van der Waals surface area (Å²) in [5.74, 6) is -0.367. The summed E-state index contributed by atoms with van der Waals surface area (Å²) in [6, 6.07) is 0.0634. The molecule has 3 rings (SSSR count). The third kappa shape index (κ3) is 4.05. The molecule has 28 heavy (non-hydrogen) atoms. The van der Waals surface area contributed by atoms with Gasteiger partial charge in [0.2, 0.25) is 5.96 Å². The molecule has 12 heteroatoms. The van der Waals surface area contributed by atoms with E-state index in [4.69, 9.17) is 0 Å². The van der Waals surface area contributed by atoms with Gasteiger partial charge < -0.3 is 10.6 Å². The molecule has 2 aromatic heterocycles. The fourth-order valence-electron chi connectivity index (χ4n) is 2.85. The van der Waals surface area contributed by atoms with Crippen molar-refractivity contribution in [1.29, 1.82) is 0 Å². The molecule has 0 saturated heterocycles. The van der Waals surface area contributed by atoms with Crippen molar-refractivity contribution in [2.24, 2.45) is 9.98 Å². The molecule has 0 aliphatic carbocycles. The van der Waals surface area contributed by atoms with Gasteiger partial charge in [-0.1, -0.05) is 5.21 Å². The second-order valence-corrected chi connectivity index (χ2v) is 6.15. The van der Waals surface area contributed by atoms with Crippen LogP contribution < -0.4 is 10.6 Å². The van der Waals surface area contributed by atoms with Crippen molar-refractivity contribution in [3.05, 3.63) is 35.7 Å². The van der Waals surface area contributed by atoms with Crippen LogP contribution in [0.25, 0.3) is 0 Å². The molecule has 0 radical (unpaired) electrons. The van der Waals surface area contributed by atoms with Gasteiger partial charge in [0.15, 0.2) is 0 Å². The summed E-state index contributed by atoms with van der Waals surface area (Å²) in [6.07, 6.45) is 1.09. The quantitative estimate of drug-likeness (QED) is 0.597. The first kappa shape index (κ1) is 19.6. The monoisotopic (exact) mass is 395 g/mol. The van der Waals surface area contributed by atoms with Crippen molar-refractivity contribution in [2.45, 2.75) is 39.0 Å². The summed E-state index contributed by atoms with van der Waals surface area (Å²) in [5.41, 5.74) is 0.636. The van der Waals surface area contributed by atoms with E-state index in [9.17, 15) is 13.2 Å². The van der Waals surface area contributed by atoms with Gasteiger partial charge in [0.1, 0.15) is 5.82 Å². The van der Waals surface area contributed by atoms with Gasteiger partial charge in [-0.3, -0.25) is 4.68 Å². The molecule has 1 aliphatic heterocycles. The Morgan fingerprint density at radius 2 is 2.21 bits per heavy atom. The van der Waals surface area contributed by atoms with Gasteiger partial charge in [-0.25, -0.2) is 9.67 Å². The van der Waals surface area contributed by atoms with Crippen LogP contribution in [-0.2, 0) is 13.0 Å². The number of alkyl halides is 3. The van der Waals surface area contributed by atoms with Gasteiger partial charge in [0, 0.05) is 19.2 Å². The van der Waals surface area contributed by atoms with Gasteiger partial charge in [-0.2, -0.15) is 23.3 Å². The number of halogens is 3. The zero-order valence-electron chi connectivity index (χ0n) is 15.4. The average molecular weight is 395 g/mol. The Bertz CT molecular complexity index is 893. The predicted molar refractivity (Wildman–Crippen MR) is 98.0 cm³/mol. The van der Waals surface area contributed by atoms with Gasteiger partial charge >= 0.3 is 6.18 Å². The lowest BCUT2D eigenvalue weighted by Crippen LogP contribution is -2.22. The van der Waals surface area contributed by atoms with Gasteiger partial charge in [0.05, 0.1) is 41.9 Å². The predicted octanol–water partition coefficient (Wildman–Crippen LogP) is 2.14. The topological polar surface area (TPSA) is 97.3 Å². The van der Waals surface area contributed by atoms with Crippen LogP contribution in [0.4, 0.5) is 18.9 Å². The van der Waals surface area contributed by atoms with E-state index < -0.39 is 11.7 Å². The van der Waals surface area contributed by atoms with E-state index in [1.54, 1.807) is 34.9 Å². The average Bonchev–Trinajstić information content (AvgIpc) is 3.36. The zero-order chi connectivity index (χ0) is 20.3. The Morgan fingerprint density at radius 1 is 1.43 bits per heavy atom. The first-order valence-electron chi connectivity index (χ1n) is 8.58. The Kier molecular flexibility index (Phi) is 5.47. The molecule has 0 spiro atoms. The van der Waals surface area contributed by atoms with Crippen molar-refractivity contribution in [2.75, 3.05) is 11.9 Å². The van der Waals surface area contributed by atoms with Crippen molar-refractivity contribution < 1.29 is 13.2 Å². The minimum absolute atomic E-state index is 0.0560. The number of nitrogens with one attached hydrogen (secondary N) is 2. The molecular formula is C16H20F3N9. The smallest absolute Gasteiger partial charge is 0.370 e. The van der Waals surface area contributed by atoms with Crippen molar-refractivity contribution >= 4 is 18.4 Å². The Hall–Kier alpha value is -3.18. The van der Waals surface area contributed by atoms with E-state index in [0.29, 0.717) is 18.7 Å². The lowest BCUT2D eigenvalue weighted by atomic mass is 10.2. The summed E-state index contributed by atoms with van der Waals surface area (Å²) < 4.78 is 42.7. The van der Waals surface area contributed by atoms with Crippen LogP contribution in [-0.4, -0.2) is 50.2 Å². The second kappa shape index (κ2) is 7.82. The first-order chi connectivity index (χ1) is 13.3. The van der Waals surface area contributed by atoms with E-state index >= 15 is 0 Å². The SMILES string of the molecule is C=NC(=N/C(NCC)=C(\C)C(F)(F)F)Nc1cnn2c1CC(n1ccnn1)C2. The summed E-state index contributed by atoms with van der Waals surface area (Å²) in [5, 5.41) is 17.6. The molecule has 0 amide bonds. The summed E-state index contributed by atoms with van der Waals surface area (Å²) in [4.78, 5) is 7.71. The summed E-state index contributed by atoms with van der Waals surface area (Å²) in [6.45, 7) is 6.94. The highest BCUT2D eigenvalue weighted by Gasteiger charge is 2.33. The molecule has 1 atom stereocenters. The summed E-state index contributed by atoms with van der Waals surface area (Å²) in [7, 11) is 0. The molecule has 9 nitrogen and oxygen atoms in total. The standard InChI is InChI=1S/C16H20F3N9/c1-4-21-14(10(2)16(17,18)19)25-15(20-3)24-12-8-23-28-9-11(7-13(12)28)27-6-5-22-26-27/h5-6,8,11,21H,3-4,7,9H2,1-2H3,(H,24,25)/b14-10+. The minimum atomic E-state index is -4.50. The van der Waals surface area contributed by atoms with E-state index in [-0.39, 0.29) is 24.4 Å². The highest BCUT2D eigenvalue weighted by atomic mass is 19.4. The number of fused-ring (bicyclic) bond motifs is 1. The maximum atomic E-state index is 13.1. The number of guanidine groups is 1. The number of anilines is 1. The Balaban J connectivity index is 1.83. The van der Waals surface area contributed by atoms with Gasteiger partial charge in [-0.15, -0.1) is 5.10 Å². The minimum Gasteiger partial charge on any atom is -0.370 e. The molecule has 2 aromatic rings. The first-order valence-corrected chi connectivity index (χ1v) is 8.58. The second-order valence-electron chi connectivity index (χ2n) is 6.15. The number of aliphatic imine (C=N–C) groups is 2. The molecule has 1 unspecified atom stereocenters. The van der Waals surface area contributed by atoms with E-state index in [1.807, 2.05) is 0 Å². The molecule has 150 valence electrons. The van der Waals surface area contributed by atoms with Gasteiger partial charge in [0.25, 0.3) is 0 Å². The van der Waals surface area contributed by atoms with E-state index in [1.165, 1.54) is 0 Å². The van der Waals surface area contributed by atoms with Crippen LogP contribution in [0.1, 0.15) is 25.6 Å². The third-order valence-electron chi connectivity index (χ3n) is 4.32. The van der Waals surface area contributed by atoms with Crippen molar-refractivity contribution in [3.63, 3.8) is 0 Å². The maximum absolute atomic E-state index is 13.1. The number of hydrogen-bond donors (Lipinski definition) is 2. The van der Waals surface area contributed by atoms with Crippen molar-refractivity contribution in [3.8, 4) is 0 Å². The molecule has 3 heterocycles. The molecule has 0 bridgehead atoms. The Morgan fingerprint density at radius 3 is 2.82 bits per heavy atom. The van der Waals surface area contributed by atoms with Crippen LogP contribution >= 0.6 is 0 Å². The fraction of sp³-hybridized carbons (Fsp3) is 0.438. The Labute approximate surface area is 159 Å². The molecule has 0 aromatic carbocycles. The molecular weight excluding hydrogens is 375 g/mol. The number of aromatic nitrogens is 5. The molecule has 0 fully saturated rings. The lowest BCUT2D eigenvalue weighted by molar-refractivity contribution is -0.0925. The lowest BCUT2D eigenvalue weighted by Gasteiger charge is -2.13. The normalized spacial score (nSPS) is 17.9. The molecule has 0 saturated carbocycles. The maximum Gasteiger partial charge on any atom is 0.415 e. The highest BCUT2D eigenvalue weighted by molar-refractivity contribution is 5.97. The summed E-state index contributed by atoms with van der Waals surface area (Å²) >= 11 is 0. The number of allylic oxidation sites excluding steroid dienone is 1. The number of nitrogens with zero attached hydrogens (tertiary/aromatic N) is 7. The van der Waals surface area contributed by atoms with Crippen LogP contribution in [0.2, 0.25) is 0 Å². The van der Waals surface area contributed by atoms with E-state index in [0.717, 1.165) is 12.6 Å². The van der Waals surface area contributed by atoms with E-state index in [2.05, 4.69) is 42.7 Å². The third-order valence-corrected chi connectivity index (χ3v) is 4.32. The van der Waals surface area contributed by atoms with Crippen molar-refractivity contribution in [1.82, 2.24) is 30.1 Å². The van der Waals surface area contributed by atoms with Gasteiger partial charge in [-0.05, 0) is 20.6 Å². The zero-order valence-corrected chi connectivity index (χ0v) is 15.4. The fourth-order valence-corrected chi connectivity index (χ4v) is 2.85. The molecule has 1 aliphatic rings. The van der Waals surface area contributed by atoms with Crippen LogP contribution in [0, 0.1) is 0 Å². The van der Waals surface area contributed by atoms with Crippen LogP contribution in [0.5, 0.6) is 0 Å². The molecule has 2 N–H and O–H groups in total. The largest absolute Gasteiger partial charge is 0.415 e.